The molecule has 2 aromatic heterocycles. The molecule has 1 aromatic carbocycles. The molecule has 0 spiro atoms. The van der Waals surface area contributed by atoms with E-state index in [1.807, 2.05) is 0 Å². The Morgan fingerprint density at radius 3 is 2.70 bits per heavy atom. The van der Waals surface area contributed by atoms with Crippen molar-refractivity contribution < 1.29 is 23.1 Å². The highest BCUT2D eigenvalue weighted by Gasteiger charge is 2.21. The number of hydrogen-bond donors (Lipinski definition) is 2. The van der Waals surface area contributed by atoms with Crippen LogP contribution in [0.3, 0.4) is 0 Å². The quantitative estimate of drug-likeness (QED) is 0.515. The van der Waals surface area contributed by atoms with Crippen molar-refractivity contribution in [3.8, 4) is 10.9 Å². The van der Waals surface area contributed by atoms with Gasteiger partial charge in [0.15, 0.2) is 5.82 Å². The molecule has 9 nitrogen and oxygen atoms in total. The van der Waals surface area contributed by atoms with Gasteiger partial charge in [-0.05, 0) is 25.1 Å². The molecule has 13 heteroatoms. The van der Waals surface area contributed by atoms with E-state index in [1.165, 1.54) is 42.5 Å². The SMILES string of the molecule is CNC(=O)c1cnc(-n2ncnc2[C@H](C)NC(=O)c2cc(Br)cc(OC(F)F)c2)s1. The molecule has 0 saturated carbocycles. The first kappa shape index (κ1) is 21.8. The van der Waals surface area contributed by atoms with Gasteiger partial charge in [-0.1, -0.05) is 27.3 Å². The highest BCUT2D eigenvalue weighted by molar-refractivity contribution is 9.10. The fourth-order valence-electron chi connectivity index (χ4n) is 2.49. The summed E-state index contributed by atoms with van der Waals surface area (Å²) >= 11 is 4.28. The first-order valence-corrected chi connectivity index (χ1v) is 10.0. The van der Waals surface area contributed by atoms with Crippen LogP contribution in [0.2, 0.25) is 0 Å². The Bertz CT molecular complexity index is 1070. The minimum Gasteiger partial charge on any atom is -0.435 e. The average molecular weight is 501 g/mol. The minimum absolute atomic E-state index is 0.120. The van der Waals surface area contributed by atoms with Gasteiger partial charge in [-0.15, -0.1) is 0 Å². The second-order valence-corrected chi connectivity index (χ2v) is 7.79. The first-order valence-electron chi connectivity index (χ1n) is 8.43. The third-order valence-corrected chi connectivity index (χ3v) is 5.22. The van der Waals surface area contributed by atoms with Gasteiger partial charge < -0.3 is 15.4 Å². The Balaban J connectivity index is 1.79. The Morgan fingerprint density at radius 2 is 2.00 bits per heavy atom. The molecular formula is C17H15BrF2N6O3S. The van der Waals surface area contributed by atoms with Gasteiger partial charge in [0.1, 0.15) is 17.0 Å². The molecule has 0 aliphatic heterocycles. The highest BCUT2D eigenvalue weighted by Crippen LogP contribution is 2.24. The summed E-state index contributed by atoms with van der Waals surface area (Å²) in [5, 5.41) is 9.75. The second kappa shape index (κ2) is 9.26. The maximum atomic E-state index is 12.6. The highest BCUT2D eigenvalue weighted by atomic mass is 79.9. The summed E-state index contributed by atoms with van der Waals surface area (Å²) < 4.78 is 31.1. The molecular weight excluding hydrogens is 486 g/mol. The van der Waals surface area contributed by atoms with Crippen molar-refractivity contribution in [3.63, 3.8) is 0 Å². The normalized spacial score (nSPS) is 11.9. The number of benzene rings is 1. The van der Waals surface area contributed by atoms with Gasteiger partial charge in [0.25, 0.3) is 11.8 Å². The number of carbonyl (C=O) groups is 2. The van der Waals surface area contributed by atoms with Crippen molar-refractivity contribution >= 4 is 39.1 Å². The summed E-state index contributed by atoms with van der Waals surface area (Å²) in [5.74, 6) is -0.578. The zero-order valence-corrected chi connectivity index (χ0v) is 18.0. The maximum absolute atomic E-state index is 12.6. The summed E-state index contributed by atoms with van der Waals surface area (Å²) in [6.45, 7) is -1.33. The number of rotatable bonds is 7. The standard InChI is InChI=1S/C17H15BrF2N6O3S/c1-8(25-14(27)9-3-10(18)5-11(4-9)29-16(19)20)13-23-7-24-26(13)17-22-6-12(30-17)15(28)21-2/h3-8,16H,1-2H3,(H,21,28)(H,25,27)/t8-/m0/s1. The molecule has 30 heavy (non-hydrogen) atoms. The lowest BCUT2D eigenvalue weighted by atomic mass is 10.2. The largest absolute Gasteiger partial charge is 0.435 e. The van der Waals surface area contributed by atoms with Crippen LogP contribution in [-0.4, -0.2) is 45.2 Å². The minimum atomic E-state index is -3.01. The zero-order valence-electron chi connectivity index (χ0n) is 15.6. The molecule has 0 aliphatic carbocycles. The summed E-state index contributed by atoms with van der Waals surface area (Å²) in [4.78, 5) is 33.1. The Morgan fingerprint density at radius 1 is 1.23 bits per heavy atom. The molecule has 3 rings (SSSR count). The number of nitrogens with zero attached hydrogens (tertiary/aromatic N) is 4. The Kier molecular flexibility index (Phi) is 6.72. The lowest BCUT2D eigenvalue weighted by molar-refractivity contribution is -0.0499. The van der Waals surface area contributed by atoms with Crippen molar-refractivity contribution in [2.45, 2.75) is 19.6 Å². The molecule has 2 amide bonds. The number of hydrogen-bond acceptors (Lipinski definition) is 7. The van der Waals surface area contributed by atoms with Crippen LogP contribution in [0.25, 0.3) is 5.13 Å². The van der Waals surface area contributed by atoms with Gasteiger partial charge in [-0.25, -0.2) is 9.97 Å². The molecule has 0 fully saturated rings. The number of ether oxygens (including phenoxy) is 1. The fraction of sp³-hybridized carbons (Fsp3) is 0.235. The molecule has 1 atom stereocenters. The molecule has 0 aliphatic rings. The van der Waals surface area contributed by atoms with Crippen LogP contribution < -0.4 is 15.4 Å². The topological polar surface area (TPSA) is 111 Å². The molecule has 0 radical (unpaired) electrons. The Labute approximate surface area is 181 Å². The van der Waals surface area contributed by atoms with Crippen LogP contribution in [-0.2, 0) is 0 Å². The predicted octanol–water partition coefficient (Wildman–Crippen LogP) is 2.94. The van der Waals surface area contributed by atoms with Gasteiger partial charge in [0.2, 0.25) is 5.13 Å². The van der Waals surface area contributed by atoms with Crippen LogP contribution in [0.15, 0.2) is 35.2 Å². The van der Waals surface area contributed by atoms with Crippen molar-refractivity contribution in [1.29, 1.82) is 0 Å². The fourth-order valence-corrected chi connectivity index (χ4v) is 3.79. The predicted molar refractivity (Wildman–Crippen MR) is 107 cm³/mol. The molecule has 2 heterocycles. The van der Waals surface area contributed by atoms with E-state index in [4.69, 9.17) is 0 Å². The molecule has 2 N–H and O–H groups in total. The van der Waals surface area contributed by atoms with E-state index in [0.717, 1.165) is 11.3 Å². The number of amides is 2. The van der Waals surface area contributed by atoms with Crippen LogP contribution in [0.4, 0.5) is 8.78 Å². The van der Waals surface area contributed by atoms with Crippen molar-refractivity contribution in [2.75, 3.05) is 7.05 Å². The van der Waals surface area contributed by atoms with E-state index < -0.39 is 18.6 Å². The summed E-state index contributed by atoms with van der Waals surface area (Å²) in [6, 6.07) is 3.41. The van der Waals surface area contributed by atoms with Gasteiger partial charge in [0.05, 0.1) is 12.2 Å². The van der Waals surface area contributed by atoms with E-state index in [9.17, 15) is 18.4 Å². The van der Waals surface area contributed by atoms with Crippen molar-refractivity contribution in [2.24, 2.45) is 0 Å². The molecule has 0 unspecified atom stereocenters. The van der Waals surface area contributed by atoms with Crippen LogP contribution in [0, 0.1) is 0 Å². The number of aromatic nitrogens is 4. The summed E-state index contributed by atoms with van der Waals surface area (Å²) in [6.07, 6.45) is 2.71. The van der Waals surface area contributed by atoms with Crippen molar-refractivity contribution in [1.82, 2.24) is 30.4 Å². The monoisotopic (exact) mass is 500 g/mol. The lowest BCUT2D eigenvalue weighted by Crippen LogP contribution is -2.28. The van der Waals surface area contributed by atoms with Crippen LogP contribution in [0.1, 0.15) is 38.8 Å². The van der Waals surface area contributed by atoms with E-state index in [-0.39, 0.29) is 17.2 Å². The third-order valence-electron chi connectivity index (χ3n) is 3.79. The first-order chi connectivity index (χ1) is 14.3. The van der Waals surface area contributed by atoms with Gasteiger partial charge in [-0.3, -0.25) is 9.59 Å². The molecule has 0 saturated heterocycles. The van der Waals surface area contributed by atoms with Crippen LogP contribution >= 0.6 is 27.3 Å². The number of alkyl halides is 2. The molecule has 158 valence electrons. The number of thiazole rings is 1. The number of carbonyl (C=O) groups excluding carboxylic acids is 2. The van der Waals surface area contributed by atoms with Gasteiger partial charge in [0, 0.05) is 17.1 Å². The van der Waals surface area contributed by atoms with Crippen molar-refractivity contribution in [3.05, 3.63) is 51.5 Å². The number of halogens is 3. The second-order valence-electron chi connectivity index (χ2n) is 5.87. The van der Waals surface area contributed by atoms with Crippen LogP contribution in [0.5, 0.6) is 5.75 Å². The van der Waals surface area contributed by atoms with Gasteiger partial charge >= 0.3 is 6.61 Å². The van der Waals surface area contributed by atoms with E-state index in [0.29, 0.717) is 20.3 Å². The summed E-state index contributed by atoms with van der Waals surface area (Å²) in [7, 11) is 1.51. The third kappa shape index (κ3) is 4.97. The number of nitrogens with one attached hydrogen (secondary N) is 2. The maximum Gasteiger partial charge on any atom is 0.387 e. The average Bonchev–Trinajstić information content (AvgIpc) is 3.35. The van der Waals surface area contributed by atoms with E-state index >= 15 is 0 Å². The lowest BCUT2D eigenvalue weighted by Gasteiger charge is -2.14. The van der Waals surface area contributed by atoms with E-state index in [1.54, 1.807) is 6.92 Å². The molecule has 3 aromatic rings. The Hall–Kier alpha value is -2.93. The van der Waals surface area contributed by atoms with Gasteiger partial charge in [-0.2, -0.15) is 18.6 Å². The van der Waals surface area contributed by atoms with E-state index in [2.05, 4.69) is 46.4 Å². The smallest absolute Gasteiger partial charge is 0.387 e. The molecule has 0 bridgehead atoms. The zero-order chi connectivity index (χ0) is 21.8. The summed E-state index contributed by atoms with van der Waals surface area (Å²) in [5.41, 5.74) is 0.120.